The van der Waals surface area contributed by atoms with Gasteiger partial charge in [-0.3, -0.25) is 4.79 Å². The van der Waals surface area contributed by atoms with Gasteiger partial charge in [0.05, 0.1) is 11.3 Å². The number of aromatic nitrogens is 3. The van der Waals surface area contributed by atoms with Gasteiger partial charge < -0.3 is 0 Å². The molecule has 76 valence electrons. The van der Waals surface area contributed by atoms with Gasteiger partial charge in [-0.2, -0.15) is 0 Å². The number of hydrogen-bond acceptors (Lipinski definition) is 5. The van der Waals surface area contributed by atoms with Crippen molar-refractivity contribution in [2.45, 2.75) is 11.9 Å². The van der Waals surface area contributed by atoms with Crippen molar-refractivity contribution in [2.75, 3.05) is 5.75 Å². The summed E-state index contributed by atoms with van der Waals surface area (Å²) in [5, 5.41) is 13.2. The maximum atomic E-state index is 10.9. The molecule has 0 saturated carbocycles. The normalized spacial score (nSPS) is 10.5. The van der Waals surface area contributed by atoms with Crippen LogP contribution in [0.15, 0.2) is 29.3 Å². The van der Waals surface area contributed by atoms with Crippen LogP contribution in [0.5, 0.6) is 0 Å². The van der Waals surface area contributed by atoms with Gasteiger partial charge >= 0.3 is 0 Å². The van der Waals surface area contributed by atoms with E-state index in [1.807, 2.05) is 24.3 Å². The minimum Gasteiger partial charge on any atom is -0.299 e. The standard InChI is InChI=1S/C10H9N3OS/c1-7(14)6-15-10-8-4-2-3-5-9(8)11-13-12-10/h2-5H,6H2,1H3. The van der Waals surface area contributed by atoms with Crippen LogP contribution in [0, 0.1) is 0 Å². The molecule has 0 saturated heterocycles. The van der Waals surface area contributed by atoms with E-state index < -0.39 is 0 Å². The summed E-state index contributed by atoms with van der Waals surface area (Å²) >= 11 is 1.39. The first-order valence-electron chi connectivity index (χ1n) is 4.48. The molecule has 1 heterocycles. The Hall–Kier alpha value is -1.49. The molecule has 0 unspecified atom stereocenters. The van der Waals surface area contributed by atoms with Gasteiger partial charge in [0, 0.05) is 5.39 Å². The minimum absolute atomic E-state index is 0.127. The molecular weight excluding hydrogens is 210 g/mol. The predicted octanol–water partition coefficient (Wildman–Crippen LogP) is 1.71. The van der Waals surface area contributed by atoms with Crippen LogP contribution in [0.1, 0.15) is 6.92 Å². The summed E-state index contributed by atoms with van der Waals surface area (Å²) in [6.45, 7) is 1.56. The number of benzene rings is 1. The van der Waals surface area contributed by atoms with Crippen LogP contribution in [0.4, 0.5) is 0 Å². The number of thioether (sulfide) groups is 1. The number of fused-ring (bicyclic) bond motifs is 1. The zero-order valence-corrected chi connectivity index (χ0v) is 8.99. The first-order valence-corrected chi connectivity index (χ1v) is 5.46. The molecule has 0 aliphatic rings. The number of hydrogen-bond donors (Lipinski definition) is 0. The first-order chi connectivity index (χ1) is 7.27. The second-order valence-electron chi connectivity index (χ2n) is 3.10. The molecule has 15 heavy (non-hydrogen) atoms. The summed E-state index contributed by atoms with van der Waals surface area (Å²) in [5.74, 6) is 0.547. The van der Waals surface area contributed by atoms with Crippen molar-refractivity contribution in [1.82, 2.24) is 15.4 Å². The lowest BCUT2D eigenvalue weighted by atomic mass is 10.2. The van der Waals surface area contributed by atoms with Gasteiger partial charge in [0.15, 0.2) is 0 Å². The van der Waals surface area contributed by atoms with Gasteiger partial charge in [-0.1, -0.05) is 23.9 Å². The Morgan fingerprint density at radius 3 is 2.93 bits per heavy atom. The van der Waals surface area contributed by atoms with Gasteiger partial charge in [-0.05, 0) is 24.3 Å². The molecule has 0 aliphatic heterocycles. The molecule has 0 aliphatic carbocycles. The molecule has 1 aromatic carbocycles. The third kappa shape index (κ3) is 2.30. The minimum atomic E-state index is 0.127. The molecule has 0 fully saturated rings. The Morgan fingerprint density at radius 2 is 2.13 bits per heavy atom. The average Bonchev–Trinajstić information content (AvgIpc) is 2.26. The Morgan fingerprint density at radius 1 is 1.33 bits per heavy atom. The van der Waals surface area contributed by atoms with Crippen LogP contribution in [0.2, 0.25) is 0 Å². The monoisotopic (exact) mass is 219 g/mol. The largest absolute Gasteiger partial charge is 0.299 e. The fourth-order valence-corrected chi connectivity index (χ4v) is 1.95. The second kappa shape index (κ2) is 4.35. The van der Waals surface area contributed by atoms with Crippen molar-refractivity contribution in [3.8, 4) is 0 Å². The topological polar surface area (TPSA) is 55.7 Å². The predicted molar refractivity (Wildman–Crippen MR) is 58.7 cm³/mol. The van der Waals surface area contributed by atoms with Crippen molar-refractivity contribution in [2.24, 2.45) is 0 Å². The van der Waals surface area contributed by atoms with Crippen LogP contribution in [-0.4, -0.2) is 26.9 Å². The Labute approximate surface area is 91.1 Å². The van der Waals surface area contributed by atoms with Crippen molar-refractivity contribution < 1.29 is 4.79 Å². The van der Waals surface area contributed by atoms with E-state index in [1.165, 1.54) is 11.8 Å². The smallest absolute Gasteiger partial charge is 0.140 e. The van der Waals surface area contributed by atoms with E-state index >= 15 is 0 Å². The molecule has 0 N–H and O–H groups in total. The lowest BCUT2D eigenvalue weighted by Gasteiger charge is -2.00. The highest BCUT2D eigenvalue weighted by Gasteiger charge is 2.05. The lowest BCUT2D eigenvalue weighted by Crippen LogP contribution is -1.97. The summed E-state index contributed by atoms with van der Waals surface area (Å²) in [6, 6.07) is 7.63. The molecule has 2 aromatic rings. The zero-order chi connectivity index (χ0) is 10.7. The molecule has 0 spiro atoms. The van der Waals surface area contributed by atoms with Crippen molar-refractivity contribution in [3.63, 3.8) is 0 Å². The molecule has 0 bridgehead atoms. The Balaban J connectivity index is 2.38. The summed E-state index contributed by atoms with van der Waals surface area (Å²) < 4.78 is 0. The van der Waals surface area contributed by atoms with E-state index in [1.54, 1.807) is 6.92 Å². The van der Waals surface area contributed by atoms with Crippen LogP contribution in [0.25, 0.3) is 10.9 Å². The number of carbonyl (C=O) groups is 1. The van der Waals surface area contributed by atoms with Crippen LogP contribution < -0.4 is 0 Å². The molecule has 5 heteroatoms. The van der Waals surface area contributed by atoms with E-state index in [0.29, 0.717) is 5.75 Å². The first kappa shape index (κ1) is 10.0. The van der Waals surface area contributed by atoms with Crippen molar-refractivity contribution in [1.29, 1.82) is 0 Å². The summed E-state index contributed by atoms with van der Waals surface area (Å²) in [5.41, 5.74) is 0.804. The number of rotatable bonds is 3. The number of carbonyl (C=O) groups excluding carboxylic acids is 1. The quantitative estimate of drug-likeness (QED) is 0.735. The van der Waals surface area contributed by atoms with E-state index in [9.17, 15) is 4.79 Å². The maximum absolute atomic E-state index is 10.9. The van der Waals surface area contributed by atoms with Gasteiger partial charge in [0.1, 0.15) is 10.8 Å². The molecule has 0 atom stereocenters. The van der Waals surface area contributed by atoms with E-state index in [2.05, 4.69) is 15.4 Å². The van der Waals surface area contributed by atoms with E-state index in [4.69, 9.17) is 0 Å². The van der Waals surface area contributed by atoms with Gasteiger partial charge in [-0.15, -0.1) is 10.2 Å². The molecule has 0 radical (unpaired) electrons. The molecule has 4 nitrogen and oxygen atoms in total. The number of Topliss-reactive ketones (excluding diaryl/α,β-unsaturated/α-hetero) is 1. The fourth-order valence-electron chi connectivity index (χ4n) is 1.18. The maximum Gasteiger partial charge on any atom is 0.140 e. The zero-order valence-electron chi connectivity index (χ0n) is 8.17. The number of nitrogens with zero attached hydrogens (tertiary/aromatic N) is 3. The van der Waals surface area contributed by atoms with Crippen LogP contribution in [0.3, 0.4) is 0 Å². The third-order valence-electron chi connectivity index (χ3n) is 1.83. The molecule has 2 rings (SSSR count). The number of ketones is 1. The molecule has 1 aromatic heterocycles. The average molecular weight is 219 g/mol. The highest BCUT2D eigenvalue weighted by Crippen LogP contribution is 2.22. The summed E-state index contributed by atoms with van der Waals surface area (Å²) in [4.78, 5) is 10.9. The highest BCUT2D eigenvalue weighted by molar-refractivity contribution is 8.00. The van der Waals surface area contributed by atoms with Crippen LogP contribution >= 0.6 is 11.8 Å². The SMILES string of the molecule is CC(=O)CSc1nnnc2ccccc12. The van der Waals surface area contributed by atoms with Crippen LogP contribution in [-0.2, 0) is 4.79 Å². The van der Waals surface area contributed by atoms with Crippen molar-refractivity contribution >= 4 is 28.4 Å². The van der Waals surface area contributed by atoms with Gasteiger partial charge in [0.2, 0.25) is 0 Å². The lowest BCUT2D eigenvalue weighted by molar-refractivity contribution is -0.114. The third-order valence-corrected chi connectivity index (χ3v) is 2.96. The van der Waals surface area contributed by atoms with E-state index in [-0.39, 0.29) is 5.78 Å². The fraction of sp³-hybridized carbons (Fsp3) is 0.200. The second-order valence-corrected chi connectivity index (χ2v) is 4.07. The summed E-state index contributed by atoms with van der Waals surface area (Å²) in [7, 11) is 0. The van der Waals surface area contributed by atoms with Gasteiger partial charge in [0.25, 0.3) is 0 Å². The molecule has 0 amide bonds. The molecular formula is C10H9N3OS. The van der Waals surface area contributed by atoms with Crippen molar-refractivity contribution in [3.05, 3.63) is 24.3 Å². The van der Waals surface area contributed by atoms with Gasteiger partial charge in [-0.25, -0.2) is 0 Å². The summed E-state index contributed by atoms with van der Waals surface area (Å²) in [6.07, 6.45) is 0. The van der Waals surface area contributed by atoms with E-state index in [0.717, 1.165) is 15.9 Å². The Bertz CT molecular complexity index is 495. The highest BCUT2D eigenvalue weighted by atomic mass is 32.2. The Kier molecular flexibility index (Phi) is 2.91.